The van der Waals surface area contributed by atoms with E-state index >= 15 is 0 Å². The second-order valence-corrected chi connectivity index (χ2v) is 6.41. The number of rotatable bonds is 8. The van der Waals surface area contributed by atoms with Crippen LogP contribution >= 0.6 is 0 Å². The lowest BCUT2D eigenvalue weighted by Gasteiger charge is -2.14. The Morgan fingerprint density at radius 2 is 1.83 bits per heavy atom. The summed E-state index contributed by atoms with van der Waals surface area (Å²) in [7, 11) is 0. The van der Waals surface area contributed by atoms with Crippen molar-refractivity contribution in [1.82, 2.24) is 16.0 Å². The molecule has 1 aromatic carbocycles. The van der Waals surface area contributed by atoms with E-state index in [9.17, 15) is 4.79 Å². The average Bonchev–Trinajstić information content (AvgIpc) is 2.55. The van der Waals surface area contributed by atoms with E-state index in [2.05, 4.69) is 59.1 Å². The van der Waals surface area contributed by atoms with Crippen LogP contribution in [0.25, 0.3) is 0 Å². The lowest BCUT2D eigenvalue weighted by molar-refractivity contribution is -0.123. The van der Waals surface area contributed by atoms with Crippen LogP contribution in [-0.2, 0) is 4.79 Å². The molecule has 3 N–H and O–H groups in total. The maximum Gasteiger partial charge on any atom is 0.222 e. The lowest BCUT2D eigenvalue weighted by atomic mass is 10.00. The zero-order chi connectivity index (χ0) is 17.9. The van der Waals surface area contributed by atoms with Gasteiger partial charge < -0.3 is 16.0 Å². The summed E-state index contributed by atoms with van der Waals surface area (Å²) in [5.41, 5.74) is 2.58. The van der Waals surface area contributed by atoms with Gasteiger partial charge in [-0.05, 0) is 19.4 Å². The van der Waals surface area contributed by atoms with E-state index in [0.717, 1.165) is 19.0 Å². The van der Waals surface area contributed by atoms with Gasteiger partial charge in [-0.15, -0.1) is 0 Å². The zero-order valence-corrected chi connectivity index (χ0v) is 15.6. The number of amides is 1. The monoisotopic (exact) mass is 332 g/mol. The third-order valence-electron chi connectivity index (χ3n) is 3.72. The maximum absolute atomic E-state index is 11.5. The van der Waals surface area contributed by atoms with Gasteiger partial charge in [0.2, 0.25) is 5.91 Å². The van der Waals surface area contributed by atoms with Crippen molar-refractivity contribution in [2.75, 3.05) is 26.2 Å². The van der Waals surface area contributed by atoms with Gasteiger partial charge in [-0.2, -0.15) is 0 Å². The fourth-order valence-electron chi connectivity index (χ4n) is 2.22. The SMILES string of the molecule is CCNC(=NCC(C)c1cccc(C)c1)NCCNC(=O)C(C)C. The molecule has 0 saturated carbocycles. The molecule has 24 heavy (non-hydrogen) atoms. The van der Waals surface area contributed by atoms with Crippen LogP contribution < -0.4 is 16.0 Å². The summed E-state index contributed by atoms with van der Waals surface area (Å²) in [5.74, 6) is 1.24. The number of nitrogens with zero attached hydrogens (tertiary/aromatic N) is 1. The summed E-state index contributed by atoms with van der Waals surface area (Å²) in [4.78, 5) is 16.2. The van der Waals surface area contributed by atoms with Crippen molar-refractivity contribution in [2.45, 2.75) is 40.5 Å². The molecule has 1 amide bonds. The Balaban J connectivity index is 2.48. The molecule has 0 bridgehead atoms. The molecule has 0 aliphatic rings. The lowest BCUT2D eigenvalue weighted by Crippen LogP contribution is -2.42. The van der Waals surface area contributed by atoms with E-state index in [0.29, 0.717) is 19.0 Å². The van der Waals surface area contributed by atoms with Crippen molar-refractivity contribution >= 4 is 11.9 Å². The fourth-order valence-corrected chi connectivity index (χ4v) is 2.22. The Morgan fingerprint density at radius 3 is 2.46 bits per heavy atom. The van der Waals surface area contributed by atoms with E-state index in [1.807, 2.05) is 20.8 Å². The number of hydrogen-bond donors (Lipinski definition) is 3. The van der Waals surface area contributed by atoms with Crippen molar-refractivity contribution < 1.29 is 4.79 Å². The minimum atomic E-state index is 0.0158. The highest BCUT2D eigenvalue weighted by Crippen LogP contribution is 2.16. The highest BCUT2D eigenvalue weighted by Gasteiger charge is 2.07. The van der Waals surface area contributed by atoms with Gasteiger partial charge in [0.15, 0.2) is 5.96 Å². The Kier molecular flexibility index (Phi) is 8.90. The van der Waals surface area contributed by atoms with E-state index in [1.54, 1.807) is 0 Å². The van der Waals surface area contributed by atoms with Gasteiger partial charge in [0, 0.05) is 38.0 Å². The highest BCUT2D eigenvalue weighted by molar-refractivity contribution is 5.80. The number of guanidine groups is 1. The summed E-state index contributed by atoms with van der Waals surface area (Å²) in [5, 5.41) is 9.39. The van der Waals surface area contributed by atoms with E-state index in [-0.39, 0.29) is 11.8 Å². The van der Waals surface area contributed by atoms with Gasteiger partial charge >= 0.3 is 0 Å². The summed E-state index contributed by atoms with van der Waals surface area (Å²) >= 11 is 0. The fraction of sp³-hybridized carbons (Fsp3) is 0.579. The smallest absolute Gasteiger partial charge is 0.222 e. The van der Waals surface area contributed by atoms with Crippen LogP contribution in [0.1, 0.15) is 44.7 Å². The Labute approximate surface area is 146 Å². The summed E-state index contributed by atoms with van der Waals surface area (Å²) in [6.45, 7) is 12.9. The van der Waals surface area contributed by atoms with Gasteiger partial charge in [0.25, 0.3) is 0 Å². The zero-order valence-electron chi connectivity index (χ0n) is 15.6. The first-order chi connectivity index (χ1) is 11.4. The van der Waals surface area contributed by atoms with Gasteiger partial charge in [-0.1, -0.05) is 50.6 Å². The molecule has 0 heterocycles. The Hall–Kier alpha value is -2.04. The standard InChI is InChI=1S/C19H32N4O/c1-6-20-19(22-11-10-21-18(24)14(2)3)23-13-16(5)17-9-7-8-15(4)12-17/h7-9,12,14,16H,6,10-11,13H2,1-5H3,(H,21,24)(H2,20,22,23). The second kappa shape index (κ2) is 10.7. The van der Waals surface area contributed by atoms with Crippen LogP contribution in [0.5, 0.6) is 0 Å². The first kappa shape index (κ1) is 20.0. The van der Waals surface area contributed by atoms with Gasteiger partial charge in [0.1, 0.15) is 0 Å². The van der Waals surface area contributed by atoms with Gasteiger partial charge in [-0.25, -0.2) is 0 Å². The van der Waals surface area contributed by atoms with Crippen molar-refractivity contribution in [1.29, 1.82) is 0 Å². The minimum Gasteiger partial charge on any atom is -0.357 e. The van der Waals surface area contributed by atoms with Crippen LogP contribution in [0.15, 0.2) is 29.3 Å². The summed E-state index contributed by atoms with van der Waals surface area (Å²) < 4.78 is 0. The average molecular weight is 332 g/mol. The van der Waals surface area contributed by atoms with Crippen LogP contribution in [0.4, 0.5) is 0 Å². The van der Waals surface area contributed by atoms with Crippen LogP contribution in [-0.4, -0.2) is 38.0 Å². The number of benzene rings is 1. The molecule has 1 unspecified atom stereocenters. The van der Waals surface area contributed by atoms with Crippen molar-refractivity contribution in [3.05, 3.63) is 35.4 Å². The molecular weight excluding hydrogens is 300 g/mol. The predicted octanol–water partition coefficient (Wildman–Crippen LogP) is 2.43. The number of carbonyl (C=O) groups is 1. The molecule has 0 spiro atoms. The predicted molar refractivity (Wildman–Crippen MR) is 101 cm³/mol. The van der Waals surface area contributed by atoms with Crippen LogP contribution in [0.2, 0.25) is 0 Å². The minimum absolute atomic E-state index is 0.0158. The van der Waals surface area contributed by atoms with E-state index in [4.69, 9.17) is 0 Å². The number of carbonyl (C=O) groups excluding carboxylic acids is 1. The van der Waals surface area contributed by atoms with Gasteiger partial charge in [-0.3, -0.25) is 9.79 Å². The normalized spacial score (nSPS) is 12.8. The number of nitrogens with one attached hydrogen (secondary N) is 3. The molecule has 0 radical (unpaired) electrons. The summed E-state index contributed by atoms with van der Waals surface area (Å²) in [6.07, 6.45) is 0. The van der Waals surface area contributed by atoms with E-state index in [1.165, 1.54) is 11.1 Å². The second-order valence-electron chi connectivity index (χ2n) is 6.41. The van der Waals surface area contributed by atoms with Crippen LogP contribution in [0.3, 0.4) is 0 Å². The first-order valence-electron chi connectivity index (χ1n) is 8.80. The molecular formula is C19H32N4O. The van der Waals surface area contributed by atoms with Crippen molar-refractivity contribution in [2.24, 2.45) is 10.9 Å². The number of hydrogen-bond acceptors (Lipinski definition) is 2. The third-order valence-corrected chi connectivity index (χ3v) is 3.72. The topological polar surface area (TPSA) is 65.5 Å². The maximum atomic E-state index is 11.5. The Bertz CT molecular complexity index is 540. The van der Waals surface area contributed by atoms with Crippen molar-refractivity contribution in [3.63, 3.8) is 0 Å². The molecule has 0 saturated heterocycles. The molecule has 5 nitrogen and oxygen atoms in total. The molecule has 5 heteroatoms. The largest absolute Gasteiger partial charge is 0.357 e. The molecule has 1 atom stereocenters. The number of aliphatic imine (C=N–C) groups is 1. The quantitative estimate of drug-likeness (QED) is 0.389. The molecule has 1 aromatic rings. The highest BCUT2D eigenvalue weighted by atomic mass is 16.1. The molecule has 0 fully saturated rings. The summed E-state index contributed by atoms with van der Waals surface area (Å²) in [6, 6.07) is 8.55. The number of aryl methyl sites for hydroxylation is 1. The van der Waals surface area contributed by atoms with Gasteiger partial charge in [0.05, 0.1) is 0 Å². The molecule has 0 aliphatic carbocycles. The van der Waals surface area contributed by atoms with Crippen LogP contribution in [0, 0.1) is 12.8 Å². The molecule has 1 rings (SSSR count). The third kappa shape index (κ3) is 7.49. The van der Waals surface area contributed by atoms with Crippen molar-refractivity contribution in [3.8, 4) is 0 Å². The molecule has 134 valence electrons. The molecule has 0 aromatic heterocycles. The Morgan fingerprint density at radius 1 is 1.12 bits per heavy atom. The molecule has 0 aliphatic heterocycles. The van der Waals surface area contributed by atoms with E-state index < -0.39 is 0 Å². The first-order valence-corrected chi connectivity index (χ1v) is 8.80.